The first-order chi connectivity index (χ1) is 23.5. The molecule has 0 spiro atoms. The van der Waals surface area contributed by atoms with E-state index in [-0.39, 0.29) is 24.0 Å². The van der Waals surface area contributed by atoms with Gasteiger partial charge in [-0.1, -0.05) is 56.3 Å². The molecule has 5 rings (SSSR count). The number of Topliss-reactive ketones (excluding diaryl/α,β-unsaturated/α-hetero) is 1. The summed E-state index contributed by atoms with van der Waals surface area (Å²) in [5, 5.41) is 36.4. The first-order valence-corrected chi connectivity index (χ1v) is 16.5. The Kier molecular flexibility index (Phi) is 9.87. The molecule has 0 aliphatic heterocycles. The van der Waals surface area contributed by atoms with Crippen molar-refractivity contribution in [2.75, 3.05) is 6.61 Å². The fourth-order valence-electron chi connectivity index (χ4n) is 8.93. The van der Waals surface area contributed by atoms with Crippen LogP contribution in [0.3, 0.4) is 0 Å². The molecule has 0 heterocycles. The van der Waals surface area contributed by atoms with E-state index in [0.717, 1.165) is 13.8 Å². The lowest BCUT2D eigenvalue weighted by Crippen LogP contribution is -2.82. The highest BCUT2D eigenvalue weighted by Crippen LogP contribution is 2.67. The van der Waals surface area contributed by atoms with Crippen LogP contribution in [0.15, 0.2) is 73.3 Å². The van der Waals surface area contributed by atoms with Crippen molar-refractivity contribution in [1.82, 2.24) is 0 Å². The normalized spacial score (nSPS) is 35.8. The number of hydrogen-bond donors (Lipinski definition) is 3. The van der Waals surface area contributed by atoms with Gasteiger partial charge in [0.2, 0.25) is 0 Å². The van der Waals surface area contributed by atoms with E-state index in [4.69, 9.17) is 18.9 Å². The van der Waals surface area contributed by atoms with Gasteiger partial charge >= 0.3 is 23.9 Å². The predicted molar refractivity (Wildman–Crippen MR) is 176 cm³/mol. The van der Waals surface area contributed by atoms with Gasteiger partial charge in [0.05, 0.1) is 29.3 Å². The van der Waals surface area contributed by atoms with Crippen molar-refractivity contribution in [3.8, 4) is 0 Å². The van der Waals surface area contributed by atoms with Gasteiger partial charge in [-0.15, -0.1) is 6.58 Å². The summed E-state index contributed by atoms with van der Waals surface area (Å²) in [6, 6.07) is 15.8. The van der Waals surface area contributed by atoms with Crippen molar-refractivity contribution < 1.29 is 58.2 Å². The van der Waals surface area contributed by atoms with E-state index in [9.17, 15) is 39.3 Å². The van der Waals surface area contributed by atoms with Crippen LogP contribution in [-0.4, -0.2) is 87.7 Å². The molecule has 12 nitrogen and oxygen atoms in total. The van der Waals surface area contributed by atoms with E-state index in [2.05, 4.69) is 6.58 Å². The number of allylic oxidation sites excluding steroid dienone is 1. The lowest BCUT2D eigenvalue weighted by molar-refractivity contribution is -0.325. The molecule has 3 saturated carbocycles. The summed E-state index contributed by atoms with van der Waals surface area (Å²) in [4.78, 5) is 67.4. The molecule has 0 aromatic heterocycles. The fraction of sp³-hybridized carbons (Fsp3) is 0.500. The minimum atomic E-state index is -2.70. The monoisotopic (exact) mass is 692 g/mol. The van der Waals surface area contributed by atoms with E-state index in [1.165, 1.54) is 37.3 Å². The average Bonchev–Trinajstić information content (AvgIpc) is 3.08. The molecule has 12 heteroatoms. The molecule has 2 aromatic carbocycles. The molecule has 50 heavy (non-hydrogen) atoms. The van der Waals surface area contributed by atoms with Gasteiger partial charge in [-0.2, -0.15) is 0 Å². The van der Waals surface area contributed by atoms with Crippen molar-refractivity contribution in [3.63, 3.8) is 0 Å². The fourth-order valence-corrected chi connectivity index (χ4v) is 8.93. The molecule has 3 aliphatic carbocycles. The SMILES string of the molecule is C=C[C@@]1(C)C[C@@H](OC(=O)c2ccccc2)C2[C@]3(CO)C(C[C@@H](O)[C@@]2(O)C1=O)C(C)(C)[C@H](OC(C)=O)[C@H](OC(C)=O)[C@@H]3OC(=O)c1ccccc1. The van der Waals surface area contributed by atoms with E-state index < -0.39 is 100 Å². The number of aliphatic hydroxyl groups excluding tert-OH is 2. The lowest BCUT2D eigenvalue weighted by atomic mass is 9.38. The molecule has 3 fully saturated rings. The van der Waals surface area contributed by atoms with Gasteiger partial charge in [0, 0.05) is 37.0 Å². The Hall–Kier alpha value is -4.39. The van der Waals surface area contributed by atoms with Crippen LogP contribution >= 0.6 is 0 Å². The summed E-state index contributed by atoms with van der Waals surface area (Å²) in [7, 11) is 0. The second kappa shape index (κ2) is 13.4. The Balaban J connectivity index is 1.81. The van der Waals surface area contributed by atoms with E-state index >= 15 is 0 Å². The highest BCUT2D eigenvalue weighted by atomic mass is 16.6. The average molecular weight is 693 g/mol. The Morgan fingerprint density at radius 1 is 0.840 bits per heavy atom. The van der Waals surface area contributed by atoms with Gasteiger partial charge in [0.15, 0.2) is 23.6 Å². The first-order valence-electron chi connectivity index (χ1n) is 16.5. The zero-order valence-electron chi connectivity index (χ0n) is 28.7. The number of carbonyl (C=O) groups is 5. The van der Waals surface area contributed by atoms with E-state index in [1.54, 1.807) is 50.2 Å². The van der Waals surface area contributed by atoms with E-state index in [0.29, 0.717) is 0 Å². The molecular weight excluding hydrogens is 648 g/mol. The molecule has 0 radical (unpaired) electrons. The summed E-state index contributed by atoms with van der Waals surface area (Å²) < 4.78 is 24.0. The highest BCUT2D eigenvalue weighted by Gasteiger charge is 2.79. The molecule has 268 valence electrons. The number of ether oxygens (including phenoxy) is 4. The van der Waals surface area contributed by atoms with Crippen molar-refractivity contribution >= 4 is 29.7 Å². The zero-order chi connectivity index (χ0) is 36.8. The summed E-state index contributed by atoms with van der Waals surface area (Å²) in [6.07, 6.45) is -7.08. The minimum Gasteiger partial charge on any atom is -0.458 e. The second-order valence-corrected chi connectivity index (χ2v) is 14.5. The zero-order valence-corrected chi connectivity index (χ0v) is 28.7. The molecule has 3 N–H and O–H groups in total. The Morgan fingerprint density at radius 3 is 1.84 bits per heavy atom. The van der Waals surface area contributed by atoms with Gasteiger partial charge in [-0.05, 0) is 43.5 Å². The Bertz CT molecular complexity index is 1660. The van der Waals surface area contributed by atoms with Crippen LogP contribution in [0.5, 0.6) is 0 Å². The minimum absolute atomic E-state index is 0.0877. The standard InChI is InChI=1S/C38H44O12/c1-7-36(6)19-25(49-32(43)23-14-10-8-11-15-23)29-37(20-39)26(18-27(42)38(29,46)34(36)45)35(4,5)30(48-22(3)41)28(47-21(2)40)31(37)50-33(44)24-16-12-9-13-17-24/h7-17,25-31,39,42,46H,1,18-20H2,2-6H3/t25-,26?,27-,28+,29?,30-,31+,36+,37+,38+/m1/s1. The first kappa shape index (κ1) is 36.9. The Morgan fingerprint density at radius 2 is 1.36 bits per heavy atom. The molecule has 0 amide bonds. The number of aliphatic hydroxyl groups is 3. The number of carbonyl (C=O) groups excluding carboxylic acids is 5. The van der Waals surface area contributed by atoms with Crippen LogP contribution in [0.25, 0.3) is 0 Å². The maximum absolute atomic E-state index is 14.5. The Labute approximate surface area is 290 Å². The van der Waals surface area contributed by atoms with Crippen molar-refractivity contribution in [1.29, 1.82) is 0 Å². The largest absolute Gasteiger partial charge is 0.458 e. The van der Waals surface area contributed by atoms with Crippen LogP contribution in [0.1, 0.15) is 68.2 Å². The van der Waals surface area contributed by atoms with Crippen LogP contribution in [0.2, 0.25) is 0 Å². The van der Waals surface area contributed by atoms with Gasteiger partial charge in [-0.25, -0.2) is 9.59 Å². The predicted octanol–water partition coefficient (Wildman–Crippen LogP) is 3.21. The maximum atomic E-state index is 14.5. The van der Waals surface area contributed by atoms with Gasteiger partial charge in [-0.3, -0.25) is 14.4 Å². The van der Waals surface area contributed by atoms with Crippen LogP contribution in [-0.2, 0) is 33.3 Å². The maximum Gasteiger partial charge on any atom is 0.338 e. The van der Waals surface area contributed by atoms with Crippen molar-refractivity contribution in [2.45, 2.75) is 83.6 Å². The smallest absolute Gasteiger partial charge is 0.338 e. The summed E-state index contributed by atoms with van der Waals surface area (Å²) in [5.41, 5.74) is -7.23. The molecular formula is C38H44O12. The summed E-state index contributed by atoms with van der Waals surface area (Å²) >= 11 is 0. The number of ketones is 1. The number of rotatable bonds is 8. The van der Waals surface area contributed by atoms with Gasteiger partial charge in [0.1, 0.15) is 12.2 Å². The third-order valence-electron chi connectivity index (χ3n) is 11.1. The second-order valence-electron chi connectivity index (χ2n) is 14.5. The molecule has 0 saturated heterocycles. The molecule has 0 bridgehead atoms. The lowest BCUT2D eigenvalue weighted by Gasteiger charge is -2.69. The summed E-state index contributed by atoms with van der Waals surface area (Å²) in [5.74, 6) is -6.81. The van der Waals surface area contributed by atoms with Crippen LogP contribution < -0.4 is 0 Å². The third kappa shape index (κ3) is 5.82. The highest BCUT2D eigenvalue weighted by molar-refractivity contribution is 5.96. The third-order valence-corrected chi connectivity index (χ3v) is 11.1. The van der Waals surface area contributed by atoms with Gasteiger partial charge < -0.3 is 34.3 Å². The van der Waals surface area contributed by atoms with Crippen LogP contribution in [0.4, 0.5) is 0 Å². The number of hydrogen-bond acceptors (Lipinski definition) is 12. The van der Waals surface area contributed by atoms with E-state index in [1.807, 2.05) is 0 Å². The number of benzene rings is 2. The number of esters is 4. The molecule has 2 aromatic rings. The molecule has 10 atom stereocenters. The molecule has 3 aliphatic rings. The van der Waals surface area contributed by atoms with Crippen molar-refractivity contribution in [3.05, 3.63) is 84.4 Å². The van der Waals surface area contributed by atoms with Gasteiger partial charge in [0.25, 0.3) is 0 Å². The quantitative estimate of drug-likeness (QED) is 0.209. The topological polar surface area (TPSA) is 183 Å². The summed E-state index contributed by atoms with van der Waals surface area (Å²) in [6.45, 7) is 10.00. The van der Waals surface area contributed by atoms with Crippen LogP contribution in [0, 0.1) is 28.1 Å². The molecule has 2 unspecified atom stereocenters. The van der Waals surface area contributed by atoms with Crippen molar-refractivity contribution in [2.24, 2.45) is 28.1 Å². The number of fused-ring (bicyclic) bond motifs is 3.